The highest BCUT2D eigenvalue weighted by atomic mass is 16.7. The maximum absolute atomic E-state index is 13.2. The van der Waals surface area contributed by atoms with Crippen LogP contribution in [-0.2, 0) is 25.4 Å². The third-order valence-electron chi connectivity index (χ3n) is 5.74. The van der Waals surface area contributed by atoms with E-state index in [0.29, 0.717) is 18.9 Å². The molecule has 2 heterocycles. The molecular weight excluding hydrogens is 396 g/mol. The number of aryl methyl sites for hydroxylation is 1. The summed E-state index contributed by atoms with van der Waals surface area (Å²) in [5, 5.41) is 0. The second kappa shape index (κ2) is 12.4. The summed E-state index contributed by atoms with van der Waals surface area (Å²) in [7, 11) is 3.16. The Morgan fingerprint density at radius 3 is 2.61 bits per heavy atom. The van der Waals surface area contributed by atoms with E-state index in [1.807, 2.05) is 19.2 Å². The number of aromatic nitrogens is 1. The molecule has 2 atom stereocenters. The van der Waals surface area contributed by atoms with Crippen molar-refractivity contribution in [3.05, 3.63) is 23.5 Å². The quantitative estimate of drug-likeness (QED) is 0.234. The minimum atomic E-state index is -1.00. The van der Waals surface area contributed by atoms with Crippen LogP contribution in [0.1, 0.15) is 64.1 Å². The highest BCUT2D eigenvalue weighted by molar-refractivity contribution is 5.93. The summed E-state index contributed by atoms with van der Waals surface area (Å²) < 4.78 is 22.5. The van der Waals surface area contributed by atoms with Gasteiger partial charge in [-0.05, 0) is 25.7 Å². The van der Waals surface area contributed by atoms with Crippen LogP contribution < -0.4 is 4.74 Å². The Labute approximate surface area is 187 Å². The van der Waals surface area contributed by atoms with Crippen LogP contribution in [0.4, 0.5) is 0 Å². The summed E-state index contributed by atoms with van der Waals surface area (Å²) in [6.07, 6.45) is 7.63. The molecule has 0 unspecified atom stereocenters. The number of rotatable bonds is 15. The molecule has 0 aliphatic carbocycles. The van der Waals surface area contributed by atoms with Crippen molar-refractivity contribution in [2.24, 2.45) is 5.92 Å². The van der Waals surface area contributed by atoms with Crippen LogP contribution in [0.15, 0.2) is 12.3 Å². The summed E-state index contributed by atoms with van der Waals surface area (Å²) in [6, 6.07) is 1.85. The molecule has 31 heavy (non-hydrogen) atoms. The lowest BCUT2D eigenvalue weighted by molar-refractivity contribution is -0.235. The molecule has 0 aromatic carbocycles. The minimum Gasteiger partial charge on any atom is -0.493 e. The molecule has 1 aromatic heterocycles. The topological polar surface area (TPSA) is 70.1 Å². The van der Waals surface area contributed by atoms with Crippen molar-refractivity contribution in [1.82, 2.24) is 9.88 Å². The van der Waals surface area contributed by atoms with E-state index < -0.39 is 5.60 Å². The van der Waals surface area contributed by atoms with Crippen molar-refractivity contribution in [2.75, 3.05) is 34.4 Å². The number of likely N-dealkylation sites (tertiary alicyclic amines) is 1. The monoisotopic (exact) mass is 436 g/mol. The number of methoxy groups -OCH3 is 2. The van der Waals surface area contributed by atoms with E-state index in [-0.39, 0.29) is 25.5 Å². The standard InChI is InChI=1S/C24H40N2O5/c1-7-8-9-10-11-30-21-13-20(25-15-19(21)4)14-24(31-17-29-6)22(12-18(2)3)26(16-28-5)23(24)27/h13,15,18,22H,7-12,14,16-17H2,1-6H3/t22-,24+/m0/s1. The Balaban J connectivity index is 2.21. The average molecular weight is 437 g/mol. The maximum Gasteiger partial charge on any atom is 0.259 e. The van der Waals surface area contributed by atoms with Gasteiger partial charge in [-0.2, -0.15) is 0 Å². The largest absolute Gasteiger partial charge is 0.493 e. The van der Waals surface area contributed by atoms with E-state index in [4.69, 9.17) is 18.9 Å². The van der Waals surface area contributed by atoms with Gasteiger partial charge in [0.25, 0.3) is 5.91 Å². The van der Waals surface area contributed by atoms with Gasteiger partial charge in [0.1, 0.15) is 19.3 Å². The number of carbonyl (C=O) groups is 1. The second-order valence-electron chi connectivity index (χ2n) is 8.81. The zero-order valence-corrected chi connectivity index (χ0v) is 20.1. The molecule has 1 amide bonds. The first-order chi connectivity index (χ1) is 14.9. The molecular formula is C24H40N2O5. The summed E-state index contributed by atoms with van der Waals surface area (Å²) in [5.74, 6) is 1.14. The molecule has 1 aromatic rings. The number of amides is 1. The number of hydrogen-bond acceptors (Lipinski definition) is 6. The lowest BCUT2D eigenvalue weighted by Gasteiger charge is -2.55. The fourth-order valence-electron chi connectivity index (χ4n) is 4.11. The normalized spacial score (nSPS) is 20.9. The van der Waals surface area contributed by atoms with Crippen molar-refractivity contribution in [3.63, 3.8) is 0 Å². The van der Waals surface area contributed by atoms with Crippen molar-refractivity contribution in [2.45, 2.75) is 77.9 Å². The first-order valence-corrected chi connectivity index (χ1v) is 11.4. The number of nitrogens with zero attached hydrogens (tertiary/aromatic N) is 2. The first-order valence-electron chi connectivity index (χ1n) is 11.4. The molecule has 2 rings (SSSR count). The van der Waals surface area contributed by atoms with E-state index in [9.17, 15) is 4.79 Å². The van der Waals surface area contributed by atoms with Gasteiger partial charge < -0.3 is 23.8 Å². The van der Waals surface area contributed by atoms with Gasteiger partial charge in [0.15, 0.2) is 5.60 Å². The van der Waals surface area contributed by atoms with Gasteiger partial charge in [0.2, 0.25) is 0 Å². The predicted octanol–water partition coefficient (Wildman–Crippen LogP) is 4.11. The Bertz CT molecular complexity index is 697. The smallest absolute Gasteiger partial charge is 0.259 e. The van der Waals surface area contributed by atoms with E-state index >= 15 is 0 Å². The molecule has 7 nitrogen and oxygen atoms in total. The molecule has 7 heteroatoms. The average Bonchev–Trinajstić information content (AvgIpc) is 2.75. The van der Waals surface area contributed by atoms with Crippen molar-refractivity contribution in [3.8, 4) is 5.75 Å². The first kappa shape index (κ1) is 25.6. The zero-order valence-electron chi connectivity index (χ0n) is 20.1. The molecule has 0 radical (unpaired) electrons. The van der Waals surface area contributed by atoms with Crippen LogP contribution in [0, 0.1) is 12.8 Å². The molecule has 0 saturated carbocycles. The lowest BCUT2D eigenvalue weighted by atomic mass is 9.75. The summed E-state index contributed by atoms with van der Waals surface area (Å²) in [4.78, 5) is 19.5. The number of hydrogen-bond donors (Lipinski definition) is 0. The van der Waals surface area contributed by atoms with Gasteiger partial charge in [-0.1, -0.05) is 40.0 Å². The van der Waals surface area contributed by atoms with Crippen LogP contribution >= 0.6 is 0 Å². The van der Waals surface area contributed by atoms with Crippen LogP contribution in [0.3, 0.4) is 0 Å². The molecule has 0 spiro atoms. The Kier molecular flexibility index (Phi) is 10.2. The second-order valence-corrected chi connectivity index (χ2v) is 8.81. The number of carbonyl (C=O) groups excluding carboxylic acids is 1. The van der Waals surface area contributed by atoms with Crippen molar-refractivity contribution >= 4 is 5.91 Å². The van der Waals surface area contributed by atoms with Crippen LogP contribution in [-0.4, -0.2) is 61.8 Å². The Morgan fingerprint density at radius 2 is 1.97 bits per heavy atom. The molecule has 0 N–H and O–H groups in total. The number of β-lactam (4-membered cyclic amide) rings is 1. The molecule has 1 aliphatic rings. The summed E-state index contributed by atoms with van der Waals surface area (Å²) in [6.45, 7) is 9.46. The fourth-order valence-corrected chi connectivity index (χ4v) is 4.11. The number of unbranched alkanes of at least 4 members (excludes halogenated alkanes) is 3. The van der Waals surface area contributed by atoms with Crippen LogP contribution in [0.5, 0.6) is 5.75 Å². The van der Waals surface area contributed by atoms with Gasteiger partial charge in [0, 0.05) is 44.2 Å². The highest BCUT2D eigenvalue weighted by Gasteiger charge is 2.62. The van der Waals surface area contributed by atoms with Crippen LogP contribution in [0.2, 0.25) is 0 Å². The molecule has 176 valence electrons. The van der Waals surface area contributed by atoms with E-state index in [0.717, 1.165) is 29.8 Å². The van der Waals surface area contributed by atoms with E-state index in [2.05, 4.69) is 25.8 Å². The van der Waals surface area contributed by atoms with Gasteiger partial charge in [0.05, 0.1) is 12.6 Å². The van der Waals surface area contributed by atoms with Crippen LogP contribution in [0.25, 0.3) is 0 Å². The molecule has 0 bridgehead atoms. The Hall–Kier alpha value is -1.70. The predicted molar refractivity (Wildman–Crippen MR) is 120 cm³/mol. The van der Waals surface area contributed by atoms with Gasteiger partial charge in [-0.15, -0.1) is 0 Å². The molecule has 1 fully saturated rings. The van der Waals surface area contributed by atoms with Crippen molar-refractivity contribution in [1.29, 1.82) is 0 Å². The maximum atomic E-state index is 13.2. The molecule has 1 aliphatic heterocycles. The van der Waals surface area contributed by atoms with Gasteiger partial charge >= 0.3 is 0 Å². The summed E-state index contributed by atoms with van der Waals surface area (Å²) >= 11 is 0. The zero-order chi connectivity index (χ0) is 22.9. The molecule has 1 saturated heterocycles. The number of pyridine rings is 1. The number of ether oxygens (including phenoxy) is 4. The SMILES string of the molecule is CCCCCCOc1cc(C[C@]2(OCOC)C(=O)N(COC)[C@H]2CC(C)C)ncc1C. The third kappa shape index (κ3) is 6.40. The summed E-state index contributed by atoms with van der Waals surface area (Å²) in [5.41, 5.74) is 0.773. The fraction of sp³-hybridized carbons (Fsp3) is 0.750. The Morgan fingerprint density at radius 1 is 1.19 bits per heavy atom. The lowest BCUT2D eigenvalue weighted by Crippen LogP contribution is -2.76. The van der Waals surface area contributed by atoms with Crippen molar-refractivity contribution < 1.29 is 23.7 Å². The highest BCUT2D eigenvalue weighted by Crippen LogP contribution is 2.41. The van der Waals surface area contributed by atoms with Gasteiger partial charge in [-0.3, -0.25) is 9.78 Å². The third-order valence-corrected chi connectivity index (χ3v) is 5.74. The minimum absolute atomic E-state index is 0.0494. The van der Waals surface area contributed by atoms with Gasteiger partial charge in [-0.25, -0.2) is 0 Å². The van der Waals surface area contributed by atoms with E-state index in [1.165, 1.54) is 19.3 Å². The van der Waals surface area contributed by atoms with E-state index in [1.54, 1.807) is 19.1 Å².